The van der Waals surface area contributed by atoms with E-state index in [9.17, 15) is 14.4 Å². The standard InChI is InChI=1S/C30H32N4O6/c1-34(2)27(37)28-15-29(16-28,17-28)33-26(36)30(10-11-30)25(35)32-18-5-7-19(8-6-18)40-22-9-12-31-21-14-24(39-4)23(38-3)13-20(21)22/h5-9,12-14H,10-11,15-17H2,1-4H3,(H,32,35)(H,33,36). The number of nitrogens with one attached hydrogen (secondary N) is 2. The Bertz CT molecular complexity index is 1510. The number of methoxy groups -OCH3 is 2. The molecule has 2 aromatic carbocycles. The van der Waals surface area contributed by atoms with Gasteiger partial charge in [-0.25, -0.2) is 0 Å². The fraction of sp³-hybridized carbons (Fsp3) is 0.400. The highest BCUT2D eigenvalue weighted by atomic mass is 16.5. The van der Waals surface area contributed by atoms with Crippen molar-refractivity contribution >= 4 is 34.3 Å². The largest absolute Gasteiger partial charge is 0.493 e. The molecule has 7 rings (SSSR count). The Kier molecular flexibility index (Phi) is 5.90. The number of fused-ring (bicyclic) bond motifs is 1. The predicted molar refractivity (Wildman–Crippen MR) is 148 cm³/mol. The topological polar surface area (TPSA) is 119 Å². The number of carbonyl (C=O) groups is 3. The van der Waals surface area contributed by atoms with E-state index in [4.69, 9.17) is 14.2 Å². The van der Waals surface area contributed by atoms with E-state index in [0.29, 0.717) is 66.3 Å². The van der Waals surface area contributed by atoms with Crippen LogP contribution in [-0.2, 0) is 14.4 Å². The predicted octanol–water partition coefficient (Wildman–Crippen LogP) is 3.89. The van der Waals surface area contributed by atoms with Gasteiger partial charge in [0, 0.05) is 43.0 Å². The van der Waals surface area contributed by atoms with Crippen molar-refractivity contribution in [3.63, 3.8) is 0 Å². The van der Waals surface area contributed by atoms with E-state index >= 15 is 0 Å². The van der Waals surface area contributed by atoms with E-state index < -0.39 is 5.41 Å². The highest BCUT2D eigenvalue weighted by molar-refractivity contribution is 6.13. The molecule has 0 aliphatic heterocycles. The normalized spacial score (nSPS) is 23.2. The summed E-state index contributed by atoms with van der Waals surface area (Å²) < 4.78 is 16.9. The lowest BCUT2D eigenvalue weighted by molar-refractivity contribution is -0.192. The van der Waals surface area contributed by atoms with Crippen LogP contribution in [0.4, 0.5) is 5.69 Å². The number of amides is 3. The first-order chi connectivity index (χ1) is 19.1. The number of rotatable bonds is 9. The van der Waals surface area contributed by atoms with Crippen LogP contribution in [0.5, 0.6) is 23.0 Å². The van der Waals surface area contributed by atoms with Crippen molar-refractivity contribution < 1.29 is 28.6 Å². The summed E-state index contributed by atoms with van der Waals surface area (Å²) >= 11 is 0. The Morgan fingerprint density at radius 1 is 0.875 bits per heavy atom. The zero-order chi connectivity index (χ0) is 28.3. The van der Waals surface area contributed by atoms with Gasteiger partial charge in [-0.2, -0.15) is 0 Å². The maximum Gasteiger partial charge on any atom is 0.240 e. The van der Waals surface area contributed by atoms with Crippen LogP contribution in [0.25, 0.3) is 10.9 Å². The molecule has 3 aromatic rings. The van der Waals surface area contributed by atoms with Gasteiger partial charge >= 0.3 is 0 Å². The van der Waals surface area contributed by atoms with Crippen LogP contribution in [0.3, 0.4) is 0 Å². The third-order valence-electron chi connectivity index (χ3n) is 8.44. The third-order valence-corrected chi connectivity index (χ3v) is 8.44. The molecule has 3 amide bonds. The quantitative estimate of drug-likeness (QED) is 0.392. The van der Waals surface area contributed by atoms with Crippen molar-refractivity contribution in [3.05, 3.63) is 48.7 Å². The summed E-state index contributed by atoms with van der Waals surface area (Å²) in [6.45, 7) is 0. The van der Waals surface area contributed by atoms with Crippen LogP contribution in [0, 0.1) is 10.8 Å². The second-order valence-corrected chi connectivity index (χ2v) is 11.4. The van der Waals surface area contributed by atoms with Crippen LogP contribution in [0.15, 0.2) is 48.7 Å². The second-order valence-electron chi connectivity index (χ2n) is 11.4. The fourth-order valence-electron chi connectivity index (χ4n) is 6.18. The van der Waals surface area contributed by atoms with Gasteiger partial charge < -0.3 is 29.7 Å². The molecule has 2 N–H and O–H groups in total. The summed E-state index contributed by atoms with van der Waals surface area (Å²) in [5.41, 5.74) is -0.460. The van der Waals surface area contributed by atoms with E-state index in [2.05, 4.69) is 15.6 Å². The van der Waals surface area contributed by atoms with E-state index in [0.717, 1.165) is 5.39 Å². The Morgan fingerprint density at radius 3 is 2.12 bits per heavy atom. The van der Waals surface area contributed by atoms with Gasteiger partial charge in [-0.3, -0.25) is 19.4 Å². The number of carbonyl (C=O) groups excluding carboxylic acids is 3. The second kappa shape index (κ2) is 9.11. The van der Waals surface area contributed by atoms with E-state index in [1.54, 1.807) is 75.8 Å². The van der Waals surface area contributed by atoms with Crippen LogP contribution < -0.4 is 24.8 Å². The SMILES string of the molecule is COc1cc2nccc(Oc3ccc(NC(=O)C4(C(=O)NC56CC(C(=O)N(C)C)(C5)C6)CC4)cc3)c2cc1OC. The minimum atomic E-state index is -1.06. The molecule has 1 aromatic heterocycles. The molecule has 4 fully saturated rings. The number of aromatic nitrogens is 1. The summed E-state index contributed by atoms with van der Waals surface area (Å²) in [6.07, 6.45) is 4.62. The monoisotopic (exact) mass is 544 g/mol. The lowest BCUT2D eigenvalue weighted by Crippen LogP contribution is -2.78. The molecular weight excluding hydrogens is 512 g/mol. The number of benzene rings is 2. The number of ether oxygens (including phenoxy) is 3. The van der Waals surface area contributed by atoms with Gasteiger partial charge in [0.05, 0.1) is 25.2 Å². The highest BCUT2D eigenvalue weighted by Gasteiger charge is 2.73. The zero-order valence-corrected chi connectivity index (χ0v) is 23.0. The molecule has 0 saturated heterocycles. The van der Waals surface area contributed by atoms with Gasteiger partial charge in [0.1, 0.15) is 16.9 Å². The zero-order valence-electron chi connectivity index (χ0n) is 23.0. The first-order valence-corrected chi connectivity index (χ1v) is 13.3. The maximum atomic E-state index is 13.1. The van der Waals surface area contributed by atoms with E-state index in [-0.39, 0.29) is 28.7 Å². The fourth-order valence-corrected chi connectivity index (χ4v) is 6.18. The first-order valence-electron chi connectivity index (χ1n) is 13.3. The van der Waals surface area contributed by atoms with Gasteiger partial charge in [0.15, 0.2) is 11.5 Å². The molecule has 0 atom stereocenters. The van der Waals surface area contributed by atoms with Crippen molar-refractivity contribution in [2.24, 2.45) is 10.8 Å². The minimum Gasteiger partial charge on any atom is -0.493 e. The maximum absolute atomic E-state index is 13.1. The molecule has 4 aliphatic rings. The van der Waals surface area contributed by atoms with Crippen molar-refractivity contribution in [1.82, 2.24) is 15.2 Å². The van der Waals surface area contributed by atoms with Crippen LogP contribution in [-0.4, -0.2) is 61.5 Å². The number of nitrogens with zero attached hydrogens (tertiary/aromatic N) is 2. The molecule has 4 saturated carbocycles. The molecule has 0 unspecified atom stereocenters. The highest BCUT2D eigenvalue weighted by Crippen LogP contribution is 2.68. The summed E-state index contributed by atoms with van der Waals surface area (Å²) in [5, 5.41) is 6.76. The number of pyridine rings is 1. The molecule has 208 valence electrons. The van der Waals surface area contributed by atoms with E-state index in [1.165, 1.54) is 0 Å². The number of hydrogen-bond donors (Lipinski definition) is 2. The Morgan fingerprint density at radius 2 is 1.52 bits per heavy atom. The number of hydrogen-bond acceptors (Lipinski definition) is 7. The molecule has 0 spiro atoms. The Labute approximate surface area is 232 Å². The van der Waals surface area contributed by atoms with Gasteiger partial charge in [-0.05, 0) is 68.5 Å². The Balaban J connectivity index is 1.09. The molecule has 40 heavy (non-hydrogen) atoms. The lowest BCUT2D eigenvalue weighted by atomic mass is 9.39. The Hall–Kier alpha value is -4.34. The third kappa shape index (κ3) is 4.09. The van der Waals surface area contributed by atoms with Gasteiger partial charge in [0.25, 0.3) is 0 Å². The van der Waals surface area contributed by atoms with Crippen LogP contribution >= 0.6 is 0 Å². The van der Waals surface area contributed by atoms with Crippen molar-refractivity contribution in [2.45, 2.75) is 37.6 Å². The number of anilines is 1. The molecule has 4 aliphatic carbocycles. The average molecular weight is 545 g/mol. The van der Waals surface area contributed by atoms with Gasteiger partial charge in [-0.15, -0.1) is 0 Å². The van der Waals surface area contributed by atoms with Crippen molar-refractivity contribution in [3.8, 4) is 23.0 Å². The molecule has 1 heterocycles. The molecule has 10 nitrogen and oxygen atoms in total. The minimum absolute atomic E-state index is 0.118. The van der Waals surface area contributed by atoms with Crippen LogP contribution in [0.2, 0.25) is 0 Å². The summed E-state index contributed by atoms with van der Waals surface area (Å²) in [4.78, 5) is 44.7. The first kappa shape index (κ1) is 25.9. The lowest BCUT2D eigenvalue weighted by Gasteiger charge is -2.69. The smallest absolute Gasteiger partial charge is 0.240 e. The molecule has 2 bridgehead atoms. The van der Waals surface area contributed by atoms with E-state index in [1.807, 2.05) is 6.07 Å². The molecular formula is C30H32N4O6. The van der Waals surface area contributed by atoms with Gasteiger partial charge in [0.2, 0.25) is 17.7 Å². The average Bonchev–Trinajstić information content (AvgIpc) is 3.72. The van der Waals surface area contributed by atoms with Crippen molar-refractivity contribution in [1.29, 1.82) is 0 Å². The molecule has 10 heteroatoms. The summed E-state index contributed by atoms with van der Waals surface area (Å²) in [6, 6.07) is 12.4. The van der Waals surface area contributed by atoms with Crippen LogP contribution in [0.1, 0.15) is 32.1 Å². The molecule has 0 radical (unpaired) electrons. The summed E-state index contributed by atoms with van der Waals surface area (Å²) in [7, 11) is 6.66. The summed E-state index contributed by atoms with van der Waals surface area (Å²) in [5.74, 6) is 1.88. The van der Waals surface area contributed by atoms with Gasteiger partial charge in [-0.1, -0.05) is 0 Å². The van der Waals surface area contributed by atoms with Crippen molar-refractivity contribution in [2.75, 3.05) is 33.6 Å².